The van der Waals surface area contributed by atoms with Crippen molar-refractivity contribution < 1.29 is 18.7 Å². The van der Waals surface area contributed by atoms with E-state index >= 15 is 0 Å². The molecule has 170 valence electrons. The van der Waals surface area contributed by atoms with Crippen LogP contribution >= 0.6 is 11.3 Å². The van der Waals surface area contributed by atoms with Gasteiger partial charge in [0, 0.05) is 43.0 Å². The number of rotatable bonds is 8. The molecule has 0 saturated carbocycles. The monoisotopic (exact) mass is 470 g/mol. The highest BCUT2D eigenvalue weighted by Crippen LogP contribution is 2.25. The Morgan fingerprint density at radius 1 is 1.24 bits per heavy atom. The standard InChI is InChI=1S/C19H18N8O5S/c1-10-4-5-22-27(10)19-26-25-18(33-19)24-15(28)13-6-12(14(31-3)16(29)32-13)23-17-20-7-11(8-21-17)9-30-2/h4-8H,9H2,1-3H3,(H,20,21,23)(H,24,25,28). The predicted octanol–water partition coefficient (Wildman–Crippen LogP) is 1.93. The zero-order valence-electron chi connectivity index (χ0n) is 17.7. The summed E-state index contributed by atoms with van der Waals surface area (Å²) >= 11 is 1.11. The Bertz CT molecular complexity index is 1330. The van der Waals surface area contributed by atoms with Crippen LogP contribution in [0.2, 0.25) is 0 Å². The lowest BCUT2D eigenvalue weighted by molar-refractivity contribution is 0.0991. The summed E-state index contributed by atoms with van der Waals surface area (Å²) in [5, 5.41) is 18.2. The minimum atomic E-state index is -0.853. The van der Waals surface area contributed by atoms with E-state index in [1.807, 2.05) is 13.0 Å². The van der Waals surface area contributed by atoms with Crippen LogP contribution in [0.1, 0.15) is 21.8 Å². The lowest BCUT2D eigenvalue weighted by Crippen LogP contribution is -2.17. The first-order valence-corrected chi connectivity index (χ1v) is 10.2. The number of aryl methyl sites for hydroxylation is 1. The first kappa shape index (κ1) is 22.0. The van der Waals surface area contributed by atoms with Gasteiger partial charge in [-0.3, -0.25) is 10.1 Å². The molecule has 13 nitrogen and oxygen atoms in total. The second kappa shape index (κ2) is 9.54. The largest absolute Gasteiger partial charge is 0.488 e. The van der Waals surface area contributed by atoms with Gasteiger partial charge in [0.05, 0.1) is 19.4 Å². The van der Waals surface area contributed by atoms with Gasteiger partial charge in [0.15, 0.2) is 5.76 Å². The van der Waals surface area contributed by atoms with Crippen molar-refractivity contribution in [1.82, 2.24) is 29.9 Å². The molecule has 2 N–H and O–H groups in total. The number of ether oxygens (including phenoxy) is 2. The van der Waals surface area contributed by atoms with Crippen LogP contribution < -0.4 is 21.0 Å². The average Bonchev–Trinajstić information content (AvgIpc) is 3.43. The van der Waals surface area contributed by atoms with E-state index in [0.717, 1.165) is 22.6 Å². The fourth-order valence-corrected chi connectivity index (χ4v) is 3.50. The summed E-state index contributed by atoms with van der Waals surface area (Å²) < 4.78 is 16.8. The predicted molar refractivity (Wildman–Crippen MR) is 117 cm³/mol. The molecule has 0 fully saturated rings. The molecule has 4 heterocycles. The van der Waals surface area contributed by atoms with Crippen LogP contribution in [-0.4, -0.2) is 50.1 Å². The van der Waals surface area contributed by atoms with Crippen molar-refractivity contribution in [3.05, 3.63) is 58.2 Å². The second-order valence-electron chi connectivity index (χ2n) is 6.55. The van der Waals surface area contributed by atoms with Gasteiger partial charge in [-0.1, -0.05) is 11.3 Å². The SMILES string of the molecule is COCc1cnc(Nc2cc(C(=O)Nc3nnc(-n4nccc4C)s3)oc(=O)c2OC)nc1. The van der Waals surface area contributed by atoms with Crippen LogP contribution in [-0.2, 0) is 11.3 Å². The Morgan fingerprint density at radius 2 is 2.03 bits per heavy atom. The number of anilines is 3. The summed E-state index contributed by atoms with van der Waals surface area (Å²) in [6.45, 7) is 2.22. The van der Waals surface area contributed by atoms with Gasteiger partial charge >= 0.3 is 5.63 Å². The van der Waals surface area contributed by atoms with Crippen molar-refractivity contribution in [1.29, 1.82) is 0 Å². The summed E-state index contributed by atoms with van der Waals surface area (Å²) in [6, 6.07) is 3.12. The number of carbonyl (C=O) groups is 1. The Balaban J connectivity index is 1.56. The Kier molecular flexibility index (Phi) is 6.37. The molecule has 4 rings (SSSR count). The molecule has 0 aliphatic rings. The van der Waals surface area contributed by atoms with Crippen molar-refractivity contribution in [3.8, 4) is 10.9 Å². The Morgan fingerprint density at radius 3 is 2.70 bits per heavy atom. The summed E-state index contributed by atoms with van der Waals surface area (Å²) in [4.78, 5) is 33.4. The van der Waals surface area contributed by atoms with Crippen LogP contribution in [0.15, 0.2) is 39.9 Å². The third-order valence-electron chi connectivity index (χ3n) is 4.25. The number of aromatic nitrogens is 6. The Labute approximate surface area is 190 Å². The van der Waals surface area contributed by atoms with Gasteiger partial charge < -0.3 is 19.2 Å². The van der Waals surface area contributed by atoms with E-state index in [-0.39, 0.29) is 28.3 Å². The van der Waals surface area contributed by atoms with Gasteiger partial charge in [0.1, 0.15) is 0 Å². The Hall–Kier alpha value is -4.17. The fourth-order valence-electron chi connectivity index (χ4n) is 2.74. The molecule has 0 spiro atoms. The molecule has 0 aliphatic carbocycles. The van der Waals surface area contributed by atoms with Crippen molar-refractivity contribution >= 4 is 34.0 Å². The van der Waals surface area contributed by atoms with Crippen molar-refractivity contribution in [2.75, 3.05) is 24.9 Å². The molecular weight excluding hydrogens is 452 g/mol. The van der Waals surface area contributed by atoms with Gasteiger partial charge in [-0.2, -0.15) is 5.10 Å². The summed E-state index contributed by atoms with van der Waals surface area (Å²) in [6.07, 6.45) is 4.77. The minimum Gasteiger partial charge on any atom is -0.488 e. The number of amides is 1. The summed E-state index contributed by atoms with van der Waals surface area (Å²) in [5.74, 6) is -0.919. The topological polar surface area (TPSA) is 159 Å². The summed E-state index contributed by atoms with van der Waals surface area (Å²) in [5.41, 5.74) is 0.931. The molecule has 1 amide bonds. The molecule has 4 aromatic rings. The van der Waals surface area contributed by atoms with Crippen LogP contribution in [0.4, 0.5) is 16.8 Å². The van der Waals surface area contributed by atoms with Crippen molar-refractivity contribution in [3.63, 3.8) is 0 Å². The highest BCUT2D eigenvalue weighted by atomic mass is 32.1. The molecule has 4 aromatic heterocycles. The number of hydrogen-bond donors (Lipinski definition) is 2. The average molecular weight is 470 g/mol. The maximum absolute atomic E-state index is 12.7. The van der Waals surface area contributed by atoms with Gasteiger partial charge in [0.2, 0.25) is 22.0 Å². The van der Waals surface area contributed by atoms with Crippen LogP contribution in [0.5, 0.6) is 5.75 Å². The molecule has 33 heavy (non-hydrogen) atoms. The van der Waals surface area contributed by atoms with Gasteiger partial charge in [-0.15, -0.1) is 10.2 Å². The molecule has 0 atom stereocenters. The molecule has 0 radical (unpaired) electrons. The molecular formula is C19H18N8O5S. The highest BCUT2D eigenvalue weighted by Gasteiger charge is 2.20. The molecule has 14 heteroatoms. The number of hydrogen-bond acceptors (Lipinski definition) is 12. The normalized spacial score (nSPS) is 10.8. The van der Waals surface area contributed by atoms with E-state index in [1.54, 1.807) is 30.4 Å². The minimum absolute atomic E-state index is 0.136. The third kappa shape index (κ3) is 4.86. The molecule has 0 aliphatic heterocycles. The second-order valence-corrected chi connectivity index (χ2v) is 7.50. The molecule has 0 saturated heterocycles. The fraction of sp³-hybridized carbons (Fsp3) is 0.211. The first-order valence-electron chi connectivity index (χ1n) is 9.43. The van der Waals surface area contributed by atoms with Crippen LogP contribution in [0.3, 0.4) is 0 Å². The lowest BCUT2D eigenvalue weighted by Gasteiger charge is -2.10. The number of nitrogens with zero attached hydrogens (tertiary/aromatic N) is 6. The van der Waals surface area contributed by atoms with Crippen LogP contribution in [0, 0.1) is 6.92 Å². The van der Waals surface area contributed by atoms with E-state index in [2.05, 4.69) is 35.9 Å². The van der Waals surface area contributed by atoms with Gasteiger partial charge in [0.25, 0.3) is 5.91 Å². The van der Waals surface area contributed by atoms with Gasteiger partial charge in [-0.05, 0) is 13.0 Å². The molecule has 0 bridgehead atoms. The zero-order valence-corrected chi connectivity index (χ0v) is 18.5. The van der Waals surface area contributed by atoms with E-state index < -0.39 is 11.5 Å². The lowest BCUT2D eigenvalue weighted by atomic mass is 10.3. The quantitative estimate of drug-likeness (QED) is 0.387. The van der Waals surface area contributed by atoms with E-state index in [4.69, 9.17) is 13.9 Å². The van der Waals surface area contributed by atoms with Crippen molar-refractivity contribution in [2.24, 2.45) is 0 Å². The maximum atomic E-state index is 12.7. The van der Waals surface area contributed by atoms with Gasteiger partial charge in [-0.25, -0.2) is 19.4 Å². The third-order valence-corrected chi connectivity index (χ3v) is 5.06. The van der Waals surface area contributed by atoms with E-state index in [0.29, 0.717) is 11.7 Å². The van der Waals surface area contributed by atoms with Crippen LogP contribution in [0.25, 0.3) is 5.13 Å². The number of carbonyl (C=O) groups excluding carboxylic acids is 1. The zero-order chi connectivity index (χ0) is 23.4. The number of methoxy groups -OCH3 is 2. The highest BCUT2D eigenvalue weighted by molar-refractivity contribution is 7.17. The molecule has 0 unspecified atom stereocenters. The maximum Gasteiger partial charge on any atom is 0.381 e. The molecule has 0 aromatic carbocycles. The smallest absolute Gasteiger partial charge is 0.381 e. The summed E-state index contributed by atoms with van der Waals surface area (Å²) in [7, 11) is 2.87. The van der Waals surface area contributed by atoms with Crippen molar-refractivity contribution in [2.45, 2.75) is 13.5 Å². The number of nitrogens with one attached hydrogen (secondary N) is 2. The van der Waals surface area contributed by atoms with E-state index in [1.165, 1.54) is 13.2 Å². The first-order chi connectivity index (χ1) is 16.0. The van der Waals surface area contributed by atoms with E-state index in [9.17, 15) is 9.59 Å².